The second kappa shape index (κ2) is 3.90. The SMILES string of the molecule is O=C(c1ccc(F)c(F)c1F)C(O)C1CC1. The summed E-state index contributed by atoms with van der Waals surface area (Å²) in [6.45, 7) is 0. The van der Waals surface area contributed by atoms with Gasteiger partial charge < -0.3 is 5.11 Å². The number of carbonyl (C=O) groups is 1. The fourth-order valence-corrected chi connectivity index (χ4v) is 1.50. The largest absolute Gasteiger partial charge is 0.385 e. The minimum atomic E-state index is -1.69. The molecule has 2 nitrogen and oxygen atoms in total. The van der Waals surface area contributed by atoms with Gasteiger partial charge in [0.2, 0.25) is 0 Å². The number of hydrogen-bond donors (Lipinski definition) is 1. The van der Waals surface area contributed by atoms with Crippen molar-refractivity contribution in [2.24, 2.45) is 5.92 Å². The van der Waals surface area contributed by atoms with Gasteiger partial charge in [-0.2, -0.15) is 0 Å². The number of carbonyl (C=O) groups excluding carboxylic acids is 1. The second-order valence-electron chi connectivity index (χ2n) is 3.87. The molecule has 0 spiro atoms. The molecule has 1 unspecified atom stereocenters. The topological polar surface area (TPSA) is 37.3 Å². The Kier molecular flexibility index (Phi) is 2.71. The molecule has 0 aliphatic heterocycles. The zero-order valence-electron chi connectivity index (χ0n) is 8.21. The molecule has 1 aliphatic carbocycles. The maximum Gasteiger partial charge on any atom is 0.195 e. The number of ketones is 1. The summed E-state index contributed by atoms with van der Waals surface area (Å²) in [4.78, 5) is 11.5. The standard InChI is InChI=1S/C11H9F3O2/c12-7-4-3-6(8(13)9(7)14)11(16)10(15)5-1-2-5/h3-5,10,15H,1-2H2. The van der Waals surface area contributed by atoms with Crippen LogP contribution in [0.1, 0.15) is 23.2 Å². The summed E-state index contributed by atoms with van der Waals surface area (Å²) in [6.07, 6.45) is 0.0653. The van der Waals surface area contributed by atoms with Crippen LogP contribution in [0.4, 0.5) is 13.2 Å². The van der Waals surface area contributed by atoms with Crippen LogP contribution < -0.4 is 0 Å². The van der Waals surface area contributed by atoms with Crippen LogP contribution in [-0.4, -0.2) is 17.0 Å². The minimum Gasteiger partial charge on any atom is -0.385 e. The first-order valence-electron chi connectivity index (χ1n) is 4.88. The van der Waals surface area contributed by atoms with Crippen molar-refractivity contribution in [1.29, 1.82) is 0 Å². The van der Waals surface area contributed by atoms with Gasteiger partial charge in [-0.25, -0.2) is 13.2 Å². The molecule has 0 amide bonds. The number of rotatable bonds is 3. The lowest BCUT2D eigenvalue weighted by Crippen LogP contribution is -2.24. The molecule has 0 radical (unpaired) electrons. The third-order valence-electron chi connectivity index (χ3n) is 2.64. The molecule has 1 N–H and O–H groups in total. The zero-order chi connectivity index (χ0) is 11.9. The van der Waals surface area contributed by atoms with Crippen molar-refractivity contribution in [3.63, 3.8) is 0 Å². The zero-order valence-corrected chi connectivity index (χ0v) is 8.21. The van der Waals surface area contributed by atoms with Crippen molar-refractivity contribution < 1.29 is 23.1 Å². The number of hydrogen-bond acceptors (Lipinski definition) is 2. The average Bonchev–Trinajstić information content (AvgIpc) is 3.08. The quantitative estimate of drug-likeness (QED) is 0.637. The van der Waals surface area contributed by atoms with Crippen molar-refractivity contribution in [2.75, 3.05) is 0 Å². The first kappa shape index (κ1) is 11.1. The van der Waals surface area contributed by atoms with Crippen molar-refractivity contribution in [2.45, 2.75) is 18.9 Å². The molecule has 16 heavy (non-hydrogen) atoms. The molecule has 86 valence electrons. The van der Waals surface area contributed by atoms with Gasteiger partial charge in [-0.1, -0.05) is 0 Å². The third kappa shape index (κ3) is 1.82. The number of aliphatic hydroxyl groups is 1. The third-order valence-corrected chi connectivity index (χ3v) is 2.64. The van der Waals surface area contributed by atoms with Gasteiger partial charge in [0.25, 0.3) is 0 Å². The lowest BCUT2D eigenvalue weighted by Gasteiger charge is -2.09. The molecular formula is C11H9F3O2. The Balaban J connectivity index is 2.33. The fraction of sp³-hybridized carbons (Fsp3) is 0.364. The lowest BCUT2D eigenvalue weighted by atomic mass is 10.0. The molecular weight excluding hydrogens is 221 g/mol. The summed E-state index contributed by atoms with van der Waals surface area (Å²) in [6, 6.07) is 1.52. The van der Waals surface area contributed by atoms with Crippen LogP contribution in [0.25, 0.3) is 0 Å². The van der Waals surface area contributed by atoms with Crippen LogP contribution in [-0.2, 0) is 0 Å². The molecule has 1 atom stereocenters. The molecule has 2 rings (SSSR count). The molecule has 0 heterocycles. The molecule has 0 aromatic heterocycles. The number of aliphatic hydroxyl groups excluding tert-OH is 1. The molecule has 1 aromatic carbocycles. The van der Waals surface area contributed by atoms with E-state index in [-0.39, 0.29) is 5.92 Å². The highest BCUT2D eigenvalue weighted by Gasteiger charge is 2.36. The smallest absolute Gasteiger partial charge is 0.195 e. The Morgan fingerprint density at radius 2 is 1.88 bits per heavy atom. The van der Waals surface area contributed by atoms with Crippen LogP contribution >= 0.6 is 0 Å². The molecule has 5 heteroatoms. The molecule has 0 saturated heterocycles. The first-order chi connectivity index (χ1) is 7.52. The highest BCUT2D eigenvalue weighted by atomic mass is 19.2. The number of halogens is 3. The van der Waals surface area contributed by atoms with Crippen LogP contribution in [0.3, 0.4) is 0 Å². The van der Waals surface area contributed by atoms with Gasteiger partial charge in [-0.05, 0) is 30.9 Å². The van der Waals surface area contributed by atoms with E-state index in [2.05, 4.69) is 0 Å². The predicted octanol–water partition coefficient (Wildman–Crippen LogP) is 2.06. The maximum atomic E-state index is 13.2. The Hall–Kier alpha value is -1.36. The molecule has 0 bridgehead atoms. The van der Waals surface area contributed by atoms with Gasteiger partial charge in [0.1, 0.15) is 6.10 Å². The van der Waals surface area contributed by atoms with Gasteiger partial charge in [0.15, 0.2) is 23.2 Å². The summed E-state index contributed by atoms with van der Waals surface area (Å²) in [5.41, 5.74) is -0.599. The van der Waals surface area contributed by atoms with E-state index in [1.807, 2.05) is 0 Å². The van der Waals surface area contributed by atoms with E-state index in [0.717, 1.165) is 6.07 Å². The van der Waals surface area contributed by atoms with E-state index >= 15 is 0 Å². The van der Waals surface area contributed by atoms with E-state index in [9.17, 15) is 23.1 Å². The Morgan fingerprint density at radius 1 is 1.25 bits per heavy atom. The summed E-state index contributed by atoms with van der Waals surface area (Å²) in [5, 5.41) is 9.46. The van der Waals surface area contributed by atoms with Crippen molar-refractivity contribution in [1.82, 2.24) is 0 Å². The molecule has 1 aromatic rings. The monoisotopic (exact) mass is 230 g/mol. The van der Waals surface area contributed by atoms with Gasteiger partial charge in [-0.3, -0.25) is 4.79 Å². The summed E-state index contributed by atoms with van der Waals surface area (Å²) < 4.78 is 38.7. The second-order valence-corrected chi connectivity index (χ2v) is 3.87. The van der Waals surface area contributed by atoms with Crippen molar-refractivity contribution >= 4 is 5.78 Å². The summed E-state index contributed by atoms with van der Waals surface area (Å²) in [7, 11) is 0. The number of Topliss-reactive ketones (excluding diaryl/α,β-unsaturated/α-hetero) is 1. The van der Waals surface area contributed by atoms with E-state index < -0.39 is 34.9 Å². The van der Waals surface area contributed by atoms with Crippen LogP contribution in [0.5, 0.6) is 0 Å². The fourth-order valence-electron chi connectivity index (χ4n) is 1.50. The van der Waals surface area contributed by atoms with Gasteiger partial charge in [-0.15, -0.1) is 0 Å². The van der Waals surface area contributed by atoms with E-state index in [0.29, 0.717) is 18.9 Å². The summed E-state index contributed by atoms with van der Waals surface area (Å²) >= 11 is 0. The Bertz CT molecular complexity index is 441. The normalized spacial score (nSPS) is 17.2. The molecule has 1 fully saturated rings. The van der Waals surface area contributed by atoms with E-state index in [1.165, 1.54) is 0 Å². The minimum absolute atomic E-state index is 0.181. The molecule has 1 saturated carbocycles. The van der Waals surface area contributed by atoms with E-state index in [1.54, 1.807) is 0 Å². The highest BCUT2D eigenvalue weighted by Crippen LogP contribution is 2.34. The Morgan fingerprint density at radius 3 is 2.44 bits per heavy atom. The maximum absolute atomic E-state index is 13.2. The van der Waals surface area contributed by atoms with Crippen molar-refractivity contribution in [3.8, 4) is 0 Å². The number of benzene rings is 1. The predicted molar refractivity (Wildman–Crippen MR) is 49.4 cm³/mol. The van der Waals surface area contributed by atoms with Gasteiger partial charge >= 0.3 is 0 Å². The Labute approximate surface area is 89.7 Å². The van der Waals surface area contributed by atoms with Gasteiger partial charge in [0.05, 0.1) is 5.56 Å². The summed E-state index contributed by atoms with van der Waals surface area (Å²) in [5.74, 6) is -5.65. The van der Waals surface area contributed by atoms with Crippen LogP contribution in [0.15, 0.2) is 12.1 Å². The van der Waals surface area contributed by atoms with Gasteiger partial charge in [0, 0.05) is 0 Å². The molecule has 1 aliphatic rings. The first-order valence-corrected chi connectivity index (χ1v) is 4.88. The lowest BCUT2D eigenvalue weighted by molar-refractivity contribution is 0.0698. The average molecular weight is 230 g/mol. The van der Waals surface area contributed by atoms with Crippen LogP contribution in [0, 0.1) is 23.4 Å². The highest BCUT2D eigenvalue weighted by molar-refractivity contribution is 5.99. The van der Waals surface area contributed by atoms with Crippen molar-refractivity contribution in [3.05, 3.63) is 35.1 Å². The van der Waals surface area contributed by atoms with E-state index in [4.69, 9.17) is 0 Å². The van der Waals surface area contributed by atoms with Crippen LogP contribution in [0.2, 0.25) is 0 Å².